The first kappa shape index (κ1) is 20.5. The summed E-state index contributed by atoms with van der Waals surface area (Å²) in [6.07, 6.45) is 0.761. The molecule has 0 bridgehead atoms. The van der Waals surface area contributed by atoms with Gasteiger partial charge in [0.25, 0.3) is 5.56 Å². The SMILES string of the molecule is CC(C)CCn1c(=O)c(C2=CS(=O)(=O)c3ccc(Cl)cc3N2)c(O)c2ccccc21. The molecule has 3 aromatic rings. The van der Waals surface area contributed by atoms with Crippen LogP contribution in [0.15, 0.2) is 57.6 Å². The zero-order valence-electron chi connectivity index (χ0n) is 16.5. The van der Waals surface area contributed by atoms with Gasteiger partial charge in [-0.1, -0.05) is 37.6 Å². The van der Waals surface area contributed by atoms with Gasteiger partial charge in [-0.2, -0.15) is 0 Å². The maximum atomic E-state index is 13.4. The topological polar surface area (TPSA) is 88.4 Å². The first-order valence-electron chi connectivity index (χ1n) is 9.57. The van der Waals surface area contributed by atoms with E-state index >= 15 is 0 Å². The Bertz CT molecular complexity index is 1360. The molecule has 0 amide bonds. The average molecular weight is 445 g/mol. The van der Waals surface area contributed by atoms with Gasteiger partial charge in [-0.25, -0.2) is 8.42 Å². The summed E-state index contributed by atoms with van der Waals surface area (Å²) >= 11 is 6.03. The van der Waals surface area contributed by atoms with Crippen LogP contribution in [-0.2, 0) is 16.4 Å². The average Bonchev–Trinajstić information content (AvgIpc) is 2.67. The van der Waals surface area contributed by atoms with Gasteiger partial charge in [-0.05, 0) is 42.7 Å². The van der Waals surface area contributed by atoms with E-state index in [0.29, 0.717) is 28.4 Å². The van der Waals surface area contributed by atoms with Crippen molar-refractivity contribution in [3.05, 3.63) is 68.8 Å². The number of aromatic hydroxyl groups is 1. The Labute approximate surface area is 179 Å². The zero-order chi connectivity index (χ0) is 21.6. The molecule has 8 heteroatoms. The second-order valence-electron chi connectivity index (χ2n) is 7.72. The lowest BCUT2D eigenvalue weighted by Gasteiger charge is -2.22. The Morgan fingerprint density at radius 3 is 2.63 bits per heavy atom. The molecule has 0 aliphatic carbocycles. The fourth-order valence-corrected chi connectivity index (χ4v) is 5.06. The molecule has 1 aliphatic rings. The molecular formula is C22H21ClN2O4S. The van der Waals surface area contributed by atoms with E-state index in [9.17, 15) is 18.3 Å². The number of rotatable bonds is 4. The van der Waals surface area contributed by atoms with Crippen molar-refractivity contribution in [2.24, 2.45) is 5.92 Å². The number of benzene rings is 2. The molecule has 156 valence electrons. The van der Waals surface area contributed by atoms with Crippen molar-refractivity contribution in [1.82, 2.24) is 4.57 Å². The largest absolute Gasteiger partial charge is 0.506 e. The molecule has 4 rings (SSSR count). The van der Waals surface area contributed by atoms with Crippen LogP contribution < -0.4 is 10.9 Å². The predicted molar refractivity (Wildman–Crippen MR) is 120 cm³/mol. The fourth-order valence-electron chi connectivity index (χ4n) is 3.60. The van der Waals surface area contributed by atoms with Crippen molar-refractivity contribution in [2.45, 2.75) is 31.7 Å². The third-order valence-corrected chi connectivity index (χ3v) is 6.89. The van der Waals surface area contributed by atoms with Crippen LogP contribution in [0, 0.1) is 5.92 Å². The molecule has 0 fully saturated rings. The van der Waals surface area contributed by atoms with Crippen molar-refractivity contribution >= 4 is 43.7 Å². The number of nitrogens with one attached hydrogen (secondary N) is 1. The van der Waals surface area contributed by atoms with Gasteiger partial charge in [0, 0.05) is 17.0 Å². The van der Waals surface area contributed by atoms with Gasteiger partial charge < -0.3 is 15.0 Å². The number of pyridine rings is 1. The molecule has 6 nitrogen and oxygen atoms in total. The van der Waals surface area contributed by atoms with E-state index in [4.69, 9.17) is 11.6 Å². The molecule has 2 heterocycles. The first-order valence-corrected chi connectivity index (χ1v) is 11.5. The van der Waals surface area contributed by atoms with E-state index < -0.39 is 15.4 Å². The van der Waals surface area contributed by atoms with E-state index in [-0.39, 0.29) is 27.6 Å². The number of anilines is 1. The highest BCUT2D eigenvalue weighted by Gasteiger charge is 2.28. The molecule has 0 spiro atoms. The molecule has 0 saturated carbocycles. The van der Waals surface area contributed by atoms with Crippen molar-refractivity contribution < 1.29 is 13.5 Å². The normalized spacial score (nSPS) is 15.0. The van der Waals surface area contributed by atoms with Gasteiger partial charge in [0.2, 0.25) is 9.84 Å². The van der Waals surface area contributed by atoms with Crippen LogP contribution in [-0.4, -0.2) is 18.1 Å². The van der Waals surface area contributed by atoms with Crippen LogP contribution >= 0.6 is 11.6 Å². The molecule has 0 radical (unpaired) electrons. The Morgan fingerprint density at radius 1 is 1.17 bits per heavy atom. The quantitative estimate of drug-likeness (QED) is 0.613. The number of hydrogen-bond acceptors (Lipinski definition) is 5. The van der Waals surface area contributed by atoms with Gasteiger partial charge in [0.15, 0.2) is 0 Å². The maximum absolute atomic E-state index is 13.4. The summed E-state index contributed by atoms with van der Waals surface area (Å²) < 4.78 is 27.2. The third-order valence-electron chi connectivity index (χ3n) is 5.14. The summed E-state index contributed by atoms with van der Waals surface area (Å²) in [5.74, 6) is 0.116. The summed E-state index contributed by atoms with van der Waals surface area (Å²) in [4.78, 5) is 13.5. The van der Waals surface area contributed by atoms with Crippen molar-refractivity contribution in [2.75, 3.05) is 5.32 Å². The standard InChI is InChI=1S/C22H21ClN2O4S/c1-13(2)9-10-25-18-6-4-3-5-15(18)21(26)20(22(25)27)17-12-30(28,29)19-8-7-14(23)11-16(19)24-17/h3-8,11-13,24,26H,9-10H2,1-2H3. The number of hydrogen-bond donors (Lipinski definition) is 2. The summed E-state index contributed by atoms with van der Waals surface area (Å²) in [6.45, 7) is 4.58. The van der Waals surface area contributed by atoms with Crippen LogP contribution in [0.4, 0.5) is 5.69 Å². The minimum Gasteiger partial charge on any atom is -0.506 e. The Hall–Kier alpha value is -2.77. The number of halogens is 1. The van der Waals surface area contributed by atoms with Gasteiger partial charge in [0.1, 0.15) is 11.3 Å². The predicted octanol–water partition coefficient (Wildman–Crippen LogP) is 4.60. The smallest absolute Gasteiger partial charge is 0.264 e. The summed E-state index contributed by atoms with van der Waals surface area (Å²) in [6, 6.07) is 11.4. The lowest BCUT2D eigenvalue weighted by Crippen LogP contribution is -2.27. The molecule has 1 aromatic heterocycles. The maximum Gasteiger partial charge on any atom is 0.264 e. The minimum atomic E-state index is -3.82. The van der Waals surface area contributed by atoms with Gasteiger partial charge in [-0.3, -0.25) is 4.79 Å². The molecule has 0 atom stereocenters. The highest BCUT2D eigenvalue weighted by molar-refractivity contribution is 7.94. The minimum absolute atomic E-state index is 0.0244. The lowest BCUT2D eigenvalue weighted by atomic mass is 10.1. The van der Waals surface area contributed by atoms with Gasteiger partial charge in [0.05, 0.1) is 27.2 Å². The second-order valence-corrected chi connectivity index (χ2v) is 9.92. The van der Waals surface area contributed by atoms with Gasteiger partial charge in [-0.15, -0.1) is 0 Å². The number of aryl methyl sites for hydroxylation is 1. The van der Waals surface area contributed by atoms with Crippen LogP contribution in [0.25, 0.3) is 16.6 Å². The van der Waals surface area contributed by atoms with E-state index in [0.717, 1.165) is 11.8 Å². The second kappa shape index (κ2) is 7.49. The fraction of sp³-hybridized carbons (Fsp3) is 0.227. The van der Waals surface area contributed by atoms with Crippen LogP contribution in [0.1, 0.15) is 25.8 Å². The van der Waals surface area contributed by atoms with Crippen molar-refractivity contribution in [1.29, 1.82) is 0 Å². The highest BCUT2D eigenvalue weighted by atomic mass is 35.5. The third kappa shape index (κ3) is 3.48. The molecule has 30 heavy (non-hydrogen) atoms. The van der Waals surface area contributed by atoms with Crippen LogP contribution in [0.2, 0.25) is 5.02 Å². The molecule has 2 aromatic carbocycles. The van der Waals surface area contributed by atoms with Crippen LogP contribution in [0.3, 0.4) is 0 Å². The van der Waals surface area contributed by atoms with E-state index in [1.54, 1.807) is 28.8 Å². The molecule has 0 unspecified atom stereocenters. The number of sulfone groups is 1. The monoisotopic (exact) mass is 444 g/mol. The lowest BCUT2D eigenvalue weighted by molar-refractivity contribution is 0.473. The molecule has 0 saturated heterocycles. The molecule has 2 N–H and O–H groups in total. The van der Waals surface area contributed by atoms with E-state index in [2.05, 4.69) is 19.2 Å². The number of aromatic nitrogens is 1. The summed E-state index contributed by atoms with van der Waals surface area (Å²) in [5, 5.41) is 15.7. The molecule has 1 aliphatic heterocycles. The Balaban J connectivity index is 1.98. The van der Waals surface area contributed by atoms with Gasteiger partial charge >= 0.3 is 0 Å². The number of fused-ring (bicyclic) bond motifs is 2. The van der Waals surface area contributed by atoms with Crippen molar-refractivity contribution in [3.63, 3.8) is 0 Å². The zero-order valence-corrected chi connectivity index (χ0v) is 18.1. The number of para-hydroxylation sites is 1. The van der Waals surface area contributed by atoms with Crippen LogP contribution in [0.5, 0.6) is 5.75 Å². The highest BCUT2D eigenvalue weighted by Crippen LogP contribution is 2.38. The van der Waals surface area contributed by atoms with E-state index in [1.807, 2.05) is 0 Å². The van der Waals surface area contributed by atoms with Crippen molar-refractivity contribution in [3.8, 4) is 5.75 Å². The summed E-state index contributed by atoms with van der Waals surface area (Å²) in [7, 11) is -3.82. The van der Waals surface area contributed by atoms with E-state index in [1.165, 1.54) is 18.2 Å². The number of nitrogens with zero attached hydrogens (tertiary/aromatic N) is 1. The Kier molecular flexibility index (Phi) is 5.11. The summed E-state index contributed by atoms with van der Waals surface area (Å²) in [5.41, 5.74) is 0.363. The Morgan fingerprint density at radius 2 is 1.90 bits per heavy atom. The first-order chi connectivity index (χ1) is 14.2. The molecular weight excluding hydrogens is 424 g/mol.